The molecular formula is C31H33N5O2S. The van der Waals surface area contributed by atoms with Crippen LogP contribution in [0.3, 0.4) is 0 Å². The maximum absolute atomic E-state index is 12.5. The summed E-state index contributed by atoms with van der Waals surface area (Å²) in [5.41, 5.74) is 6.19. The Morgan fingerprint density at radius 1 is 1.05 bits per heavy atom. The topological polar surface area (TPSA) is 71.4 Å². The normalized spacial score (nSPS) is 16.8. The van der Waals surface area contributed by atoms with Gasteiger partial charge in [0.1, 0.15) is 5.75 Å². The van der Waals surface area contributed by atoms with Crippen LogP contribution in [0.1, 0.15) is 54.6 Å². The number of pyridine rings is 1. The van der Waals surface area contributed by atoms with E-state index in [2.05, 4.69) is 58.8 Å². The highest BCUT2D eigenvalue weighted by molar-refractivity contribution is 7.80. The average Bonchev–Trinajstić information content (AvgIpc) is 3.43. The SMILES string of the molecule is Cc1cc([C@@H]2[C@@H](c3ccccn3)NC(=S)N2c2ccc(NC(=O)COc3ccccc3)cc2)c(C)n1C(C)C. The number of amides is 1. The van der Waals surface area contributed by atoms with Crippen molar-refractivity contribution in [3.8, 4) is 5.75 Å². The highest BCUT2D eigenvalue weighted by atomic mass is 32.1. The number of hydrogen-bond donors (Lipinski definition) is 2. The van der Waals surface area contributed by atoms with Crippen LogP contribution in [-0.2, 0) is 4.79 Å². The molecule has 0 unspecified atom stereocenters. The molecule has 5 rings (SSSR count). The van der Waals surface area contributed by atoms with Crippen molar-refractivity contribution in [2.75, 3.05) is 16.8 Å². The molecule has 7 nitrogen and oxygen atoms in total. The first-order valence-electron chi connectivity index (χ1n) is 13.1. The molecule has 3 heterocycles. The summed E-state index contributed by atoms with van der Waals surface area (Å²) in [7, 11) is 0. The van der Waals surface area contributed by atoms with Crippen LogP contribution >= 0.6 is 12.2 Å². The zero-order chi connectivity index (χ0) is 27.5. The molecule has 8 heteroatoms. The molecule has 2 atom stereocenters. The van der Waals surface area contributed by atoms with Gasteiger partial charge in [0.2, 0.25) is 0 Å². The molecule has 1 aliphatic rings. The molecule has 0 aliphatic carbocycles. The number of para-hydroxylation sites is 1. The van der Waals surface area contributed by atoms with Crippen molar-refractivity contribution in [3.05, 3.63) is 108 Å². The molecule has 0 bridgehead atoms. The predicted molar refractivity (Wildman–Crippen MR) is 159 cm³/mol. The third kappa shape index (κ3) is 5.52. The van der Waals surface area contributed by atoms with Gasteiger partial charge in [-0.3, -0.25) is 9.78 Å². The Balaban J connectivity index is 1.41. The van der Waals surface area contributed by atoms with Gasteiger partial charge in [-0.05, 0) is 100 Å². The van der Waals surface area contributed by atoms with Crippen molar-refractivity contribution in [1.29, 1.82) is 0 Å². The van der Waals surface area contributed by atoms with Gasteiger partial charge in [-0.1, -0.05) is 24.3 Å². The maximum Gasteiger partial charge on any atom is 0.262 e. The first-order valence-corrected chi connectivity index (χ1v) is 13.5. The maximum atomic E-state index is 12.5. The second kappa shape index (κ2) is 11.3. The molecule has 0 radical (unpaired) electrons. The van der Waals surface area contributed by atoms with E-state index in [1.807, 2.05) is 79.0 Å². The molecule has 2 aromatic carbocycles. The minimum Gasteiger partial charge on any atom is -0.484 e. The van der Waals surface area contributed by atoms with Crippen LogP contribution in [0.4, 0.5) is 11.4 Å². The van der Waals surface area contributed by atoms with Crippen molar-refractivity contribution >= 4 is 34.6 Å². The molecule has 200 valence electrons. The van der Waals surface area contributed by atoms with E-state index in [9.17, 15) is 4.79 Å². The quantitative estimate of drug-likeness (QED) is 0.257. The van der Waals surface area contributed by atoms with Gasteiger partial charge in [0.25, 0.3) is 5.91 Å². The highest BCUT2D eigenvalue weighted by Crippen LogP contribution is 2.43. The largest absolute Gasteiger partial charge is 0.484 e. The summed E-state index contributed by atoms with van der Waals surface area (Å²) in [4.78, 5) is 19.3. The van der Waals surface area contributed by atoms with Gasteiger partial charge in [-0.15, -0.1) is 0 Å². The molecule has 39 heavy (non-hydrogen) atoms. The Labute approximate surface area is 234 Å². The van der Waals surface area contributed by atoms with E-state index in [-0.39, 0.29) is 24.6 Å². The molecule has 4 aromatic rings. The zero-order valence-corrected chi connectivity index (χ0v) is 23.4. The Kier molecular flexibility index (Phi) is 7.65. The van der Waals surface area contributed by atoms with Crippen molar-refractivity contribution in [2.24, 2.45) is 0 Å². The van der Waals surface area contributed by atoms with Gasteiger partial charge in [0.15, 0.2) is 11.7 Å². The summed E-state index contributed by atoms with van der Waals surface area (Å²) in [6, 6.07) is 25.4. The molecule has 1 amide bonds. The average molecular weight is 540 g/mol. The summed E-state index contributed by atoms with van der Waals surface area (Å²) in [6.45, 7) is 8.66. The van der Waals surface area contributed by atoms with Gasteiger partial charge in [0.05, 0.1) is 17.8 Å². The first kappa shape index (κ1) is 26.4. The van der Waals surface area contributed by atoms with Crippen LogP contribution in [0.15, 0.2) is 85.1 Å². The minimum absolute atomic E-state index is 0.0643. The van der Waals surface area contributed by atoms with Gasteiger partial charge < -0.3 is 24.8 Å². The molecule has 1 aliphatic heterocycles. The number of hydrogen-bond acceptors (Lipinski definition) is 4. The third-order valence-electron chi connectivity index (χ3n) is 7.00. The fourth-order valence-electron chi connectivity index (χ4n) is 5.41. The van der Waals surface area contributed by atoms with Gasteiger partial charge >= 0.3 is 0 Å². The number of thiocarbonyl (C=S) groups is 1. The van der Waals surface area contributed by atoms with Crippen LogP contribution in [0.5, 0.6) is 5.75 Å². The lowest BCUT2D eigenvalue weighted by Gasteiger charge is -2.28. The highest BCUT2D eigenvalue weighted by Gasteiger charge is 2.42. The van der Waals surface area contributed by atoms with E-state index in [1.165, 1.54) is 17.0 Å². The van der Waals surface area contributed by atoms with Crippen molar-refractivity contribution < 1.29 is 9.53 Å². The number of carbonyl (C=O) groups is 1. The fourth-order valence-corrected chi connectivity index (χ4v) is 5.76. The Bertz CT molecular complexity index is 1450. The molecule has 1 fully saturated rings. The lowest BCUT2D eigenvalue weighted by atomic mass is 9.96. The van der Waals surface area contributed by atoms with E-state index in [0.717, 1.165) is 11.4 Å². The van der Waals surface area contributed by atoms with Crippen molar-refractivity contribution in [3.63, 3.8) is 0 Å². The third-order valence-corrected chi connectivity index (χ3v) is 7.31. The molecule has 0 saturated carbocycles. The summed E-state index contributed by atoms with van der Waals surface area (Å²) < 4.78 is 7.92. The monoisotopic (exact) mass is 539 g/mol. The van der Waals surface area contributed by atoms with Crippen LogP contribution in [-0.4, -0.2) is 27.2 Å². The van der Waals surface area contributed by atoms with Crippen LogP contribution in [0.2, 0.25) is 0 Å². The van der Waals surface area contributed by atoms with Crippen LogP contribution in [0, 0.1) is 13.8 Å². The van der Waals surface area contributed by atoms with Gasteiger partial charge in [-0.2, -0.15) is 0 Å². The number of benzene rings is 2. The number of carbonyl (C=O) groups excluding carboxylic acids is 1. The molecule has 0 spiro atoms. The molecule has 1 saturated heterocycles. The van der Waals surface area contributed by atoms with Crippen LogP contribution in [0.25, 0.3) is 0 Å². The Morgan fingerprint density at radius 3 is 2.41 bits per heavy atom. The molecular weight excluding hydrogens is 506 g/mol. The fraction of sp³-hybridized carbons (Fsp3) is 0.258. The summed E-state index contributed by atoms with van der Waals surface area (Å²) in [5, 5.41) is 7.07. The number of ether oxygens (including phenoxy) is 1. The molecule has 2 N–H and O–H groups in total. The van der Waals surface area contributed by atoms with E-state index >= 15 is 0 Å². The van der Waals surface area contributed by atoms with E-state index in [4.69, 9.17) is 17.0 Å². The lowest BCUT2D eigenvalue weighted by Crippen LogP contribution is -2.29. The van der Waals surface area contributed by atoms with Gasteiger partial charge in [-0.25, -0.2) is 0 Å². The Hall–Kier alpha value is -4.17. The first-order chi connectivity index (χ1) is 18.8. The summed E-state index contributed by atoms with van der Waals surface area (Å²) in [6.07, 6.45) is 1.82. The number of aryl methyl sites for hydroxylation is 1. The second-order valence-corrected chi connectivity index (χ2v) is 10.4. The molecule has 2 aromatic heterocycles. The van der Waals surface area contributed by atoms with Crippen LogP contribution < -0.4 is 20.3 Å². The van der Waals surface area contributed by atoms with Crippen molar-refractivity contribution in [2.45, 2.75) is 45.8 Å². The van der Waals surface area contributed by atoms with E-state index in [1.54, 1.807) is 0 Å². The summed E-state index contributed by atoms with van der Waals surface area (Å²) >= 11 is 5.89. The standard InChI is InChI=1S/C31H33N5O2S/c1-20(2)35-21(3)18-26(22(35)4)30-29(27-12-8-9-17-32-27)34-31(39)36(30)24-15-13-23(14-16-24)33-28(37)19-38-25-10-6-5-7-11-25/h5-18,20,29-30H,19H2,1-4H3,(H,33,37)(H,34,39)/t29-,30-/m1/s1. The van der Waals surface area contributed by atoms with E-state index < -0.39 is 0 Å². The second-order valence-electron chi connectivity index (χ2n) is 9.98. The van der Waals surface area contributed by atoms with E-state index in [0.29, 0.717) is 22.6 Å². The summed E-state index contributed by atoms with van der Waals surface area (Å²) in [5.74, 6) is 0.433. The number of rotatable bonds is 8. The predicted octanol–water partition coefficient (Wildman–Crippen LogP) is 6.28. The minimum atomic E-state index is -0.223. The number of aromatic nitrogens is 2. The van der Waals surface area contributed by atoms with Gasteiger partial charge in [0, 0.05) is 35.0 Å². The lowest BCUT2D eigenvalue weighted by molar-refractivity contribution is -0.118. The Morgan fingerprint density at radius 2 is 1.77 bits per heavy atom. The smallest absolute Gasteiger partial charge is 0.262 e. The zero-order valence-electron chi connectivity index (χ0n) is 22.6. The number of nitrogens with one attached hydrogen (secondary N) is 2. The number of nitrogens with zero attached hydrogens (tertiary/aromatic N) is 3. The van der Waals surface area contributed by atoms with Crippen molar-refractivity contribution in [1.82, 2.24) is 14.9 Å². The number of anilines is 2.